The molecule has 3 N–H and O–H groups in total. The maximum Gasteiger partial charge on any atom is 0.328 e. The Labute approximate surface area is 192 Å². The summed E-state index contributed by atoms with van der Waals surface area (Å²) in [5, 5.41) is 22.3. The molecule has 1 unspecified atom stereocenters. The minimum absolute atomic E-state index is 0.0516. The van der Waals surface area contributed by atoms with Crippen LogP contribution < -0.4 is 20.7 Å². The van der Waals surface area contributed by atoms with Gasteiger partial charge in [0.1, 0.15) is 0 Å². The van der Waals surface area contributed by atoms with Crippen molar-refractivity contribution in [3.05, 3.63) is 89.6 Å². The van der Waals surface area contributed by atoms with Crippen LogP contribution in [0, 0.1) is 10.1 Å². The summed E-state index contributed by atoms with van der Waals surface area (Å²) in [6, 6.07) is 9.60. The molecule has 11 nitrogen and oxygen atoms in total. The second-order valence-corrected chi connectivity index (χ2v) is 7.69. The number of nitro groups is 1. The Bertz CT molecular complexity index is 1410. The fraction of sp³-hybridized carbons (Fsp3) is 0.261. The summed E-state index contributed by atoms with van der Waals surface area (Å²) >= 11 is 0. The highest BCUT2D eigenvalue weighted by Crippen LogP contribution is 2.39. The van der Waals surface area contributed by atoms with E-state index in [4.69, 9.17) is 9.47 Å². The number of nitro benzene ring substituents is 1. The first-order valence-corrected chi connectivity index (χ1v) is 10.4. The molecule has 2 aromatic carbocycles. The summed E-state index contributed by atoms with van der Waals surface area (Å²) in [6.45, 7) is 0.468. The zero-order chi connectivity index (χ0) is 24.4. The fourth-order valence-corrected chi connectivity index (χ4v) is 4.28. The van der Waals surface area contributed by atoms with Crippen LogP contribution >= 0.6 is 0 Å². The number of hydrogen-bond acceptors (Lipinski definition) is 8. The molecule has 0 amide bonds. The van der Waals surface area contributed by atoms with Crippen LogP contribution in [0.5, 0.6) is 17.4 Å². The van der Waals surface area contributed by atoms with E-state index in [1.807, 2.05) is 6.07 Å². The fourth-order valence-electron chi connectivity index (χ4n) is 4.28. The van der Waals surface area contributed by atoms with Crippen molar-refractivity contribution in [2.24, 2.45) is 4.99 Å². The van der Waals surface area contributed by atoms with Gasteiger partial charge in [0, 0.05) is 41.8 Å². The molecule has 1 atom stereocenters. The van der Waals surface area contributed by atoms with Crippen LogP contribution in [0.4, 0.5) is 5.69 Å². The monoisotopic (exact) mass is 466 g/mol. The van der Waals surface area contributed by atoms with Gasteiger partial charge in [-0.1, -0.05) is 18.2 Å². The Hall–Kier alpha value is -4.41. The Morgan fingerprint density at radius 2 is 1.85 bits per heavy atom. The minimum atomic E-state index is -0.972. The molecular formula is C23H22N4O7. The smallest absolute Gasteiger partial charge is 0.328 e. The Balaban J connectivity index is 1.90. The highest BCUT2D eigenvalue weighted by atomic mass is 16.6. The van der Waals surface area contributed by atoms with Crippen molar-refractivity contribution in [3.63, 3.8) is 0 Å². The molecular weight excluding hydrogens is 444 g/mol. The molecule has 1 aliphatic rings. The highest BCUT2D eigenvalue weighted by molar-refractivity contribution is 6.04. The van der Waals surface area contributed by atoms with Gasteiger partial charge < -0.3 is 14.6 Å². The third-order valence-electron chi connectivity index (χ3n) is 5.82. The maximum absolute atomic E-state index is 12.7. The average molecular weight is 466 g/mol. The van der Waals surface area contributed by atoms with E-state index >= 15 is 0 Å². The molecule has 0 saturated heterocycles. The number of para-hydroxylation sites is 1. The quantitative estimate of drug-likeness (QED) is 0.356. The van der Waals surface area contributed by atoms with Gasteiger partial charge in [-0.3, -0.25) is 29.9 Å². The van der Waals surface area contributed by atoms with Gasteiger partial charge in [0.15, 0.2) is 11.5 Å². The van der Waals surface area contributed by atoms with Crippen LogP contribution in [0.3, 0.4) is 0 Å². The van der Waals surface area contributed by atoms with E-state index in [0.29, 0.717) is 30.2 Å². The van der Waals surface area contributed by atoms with Gasteiger partial charge in [-0.15, -0.1) is 0 Å². The van der Waals surface area contributed by atoms with Gasteiger partial charge >= 0.3 is 5.69 Å². The number of aromatic amines is 2. The van der Waals surface area contributed by atoms with E-state index in [0.717, 1.165) is 11.1 Å². The lowest BCUT2D eigenvalue weighted by atomic mass is 9.83. The van der Waals surface area contributed by atoms with Crippen molar-refractivity contribution < 1.29 is 19.5 Å². The molecule has 1 aliphatic heterocycles. The molecule has 11 heteroatoms. The van der Waals surface area contributed by atoms with E-state index in [-0.39, 0.29) is 23.2 Å². The lowest BCUT2D eigenvalue weighted by Gasteiger charge is -2.23. The van der Waals surface area contributed by atoms with Gasteiger partial charge in [-0.2, -0.15) is 0 Å². The van der Waals surface area contributed by atoms with E-state index in [1.54, 1.807) is 12.1 Å². The lowest BCUT2D eigenvalue weighted by molar-refractivity contribution is -0.385. The minimum Gasteiger partial charge on any atom is -0.494 e. The molecule has 34 heavy (non-hydrogen) atoms. The number of H-pyrrole nitrogens is 2. The van der Waals surface area contributed by atoms with Crippen molar-refractivity contribution in [2.75, 3.05) is 20.8 Å². The topological polar surface area (TPSA) is 160 Å². The van der Waals surface area contributed by atoms with Gasteiger partial charge in [-0.05, 0) is 24.1 Å². The summed E-state index contributed by atoms with van der Waals surface area (Å²) in [5.74, 6) is -0.573. The first-order chi connectivity index (χ1) is 16.3. The molecule has 2 heterocycles. The number of fused-ring (bicyclic) bond motifs is 1. The molecule has 4 rings (SSSR count). The molecule has 0 radical (unpaired) electrons. The second kappa shape index (κ2) is 9.22. The SMILES string of the molecule is COc1cc2c(cc1OC)C(CC(c1ccccc1[N+](=O)[O-])c1c(O)[nH]c(=O)[nH]c1=O)=NCC2. The number of rotatable bonds is 7. The summed E-state index contributed by atoms with van der Waals surface area (Å²) in [7, 11) is 3.05. The predicted octanol–water partition coefficient (Wildman–Crippen LogP) is 2.26. The lowest BCUT2D eigenvalue weighted by Crippen LogP contribution is -2.28. The van der Waals surface area contributed by atoms with E-state index in [9.17, 15) is 24.8 Å². The number of aromatic nitrogens is 2. The molecule has 0 saturated carbocycles. The largest absolute Gasteiger partial charge is 0.494 e. The number of aromatic hydroxyl groups is 1. The van der Waals surface area contributed by atoms with Gasteiger partial charge in [-0.25, -0.2) is 4.79 Å². The van der Waals surface area contributed by atoms with Crippen LogP contribution in [0.2, 0.25) is 0 Å². The standard InChI is InChI=1S/C23H22N4O7/c1-33-18-9-12-7-8-24-16(14(12)11-19(18)34-2)10-15(13-5-3-4-6-17(13)27(31)32)20-21(28)25-23(30)26-22(20)29/h3-6,9,11,15H,7-8,10H2,1-2H3,(H3,25,26,28,29,30). The molecule has 3 aromatic rings. The molecule has 0 fully saturated rings. The van der Waals surface area contributed by atoms with Crippen LogP contribution in [0.1, 0.15) is 34.6 Å². The predicted molar refractivity (Wildman–Crippen MR) is 124 cm³/mol. The summed E-state index contributed by atoms with van der Waals surface area (Å²) in [5.41, 5.74) is 0.353. The van der Waals surface area contributed by atoms with Crippen molar-refractivity contribution in [2.45, 2.75) is 18.8 Å². The Morgan fingerprint density at radius 1 is 1.15 bits per heavy atom. The summed E-state index contributed by atoms with van der Waals surface area (Å²) < 4.78 is 10.8. The number of nitrogens with one attached hydrogen (secondary N) is 2. The zero-order valence-electron chi connectivity index (χ0n) is 18.5. The van der Waals surface area contributed by atoms with Crippen LogP contribution in [0.25, 0.3) is 0 Å². The van der Waals surface area contributed by atoms with Crippen molar-refractivity contribution in [1.82, 2.24) is 9.97 Å². The first kappa shape index (κ1) is 22.8. The Morgan fingerprint density at radius 3 is 2.53 bits per heavy atom. The number of ether oxygens (including phenoxy) is 2. The molecule has 0 bridgehead atoms. The van der Waals surface area contributed by atoms with E-state index < -0.39 is 28.0 Å². The Kier molecular flexibility index (Phi) is 6.17. The molecule has 0 aliphatic carbocycles. The summed E-state index contributed by atoms with van der Waals surface area (Å²) in [4.78, 5) is 44.5. The second-order valence-electron chi connectivity index (χ2n) is 7.69. The normalized spacial score (nSPS) is 13.5. The summed E-state index contributed by atoms with van der Waals surface area (Å²) in [6.07, 6.45) is 0.704. The van der Waals surface area contributed by atoms with Crippen LogP contribution in [-0.2, 0) is 6.42 Å². The zero-order valence-corrected chi connectivity index (χ0v) is 18.5. The van der Waals surface area contributed by atoms with E-state index in [2.05, 4.69) is 15.0 Å². The third-order valence-corrected chi connectivity index (χ3v) is 5.82. The van der Waals surface area contributed by atoms with Gasteiger partial charge in [0.05, 0.1) is 24.7 Å². The number of hydrogen-bond donors (Lipinski definition) is 3. The molecule has 1 aromatic heterocycles. The van der Waals surface area contributed by atoms with Crippen LogP contribution in [-0.4, -0.2) is 46.5 Å². The number of benzene rings is 2. The van der Waals surface area contributed by atoms with Crippen molar-refractivity contribution in [1.29, 1.82) is 0 Å². The van der Waals surface area contributed by atoms with Crippen LogP contribution in [0.15, 0.2) is 51.0 Å². The van der Waals surface area contributed by atoms with Crippen molar-refractivity contribution in [3.8, 4) is 17.4 Å². The first-order valence-electron chi connectivity index (χ1n) is 10.4. The van der Waals surface area contributed by atoms with Crippen molar-refractivity contribution >= 4 is 11.4 Å². The van der Waals surface area contributed by atoms with E-state index in [1.165, 1.54) is 32.4 Å². The number of methoxy groups -OCH3 is 2. The highest BCUT2D eigenvalue weighted by Gasteiger charge is 2.31. The molecule has 176 valence electrons. The van der Waals surface area contributed by atoms with Gasteiger partial charge in [0.25, 0.3) is 11.2 Å². The average Bonchev–Trinajstić information content (AvgIpc) is 2.82. The third kappa shape index (κ3) is 4.15. The molecule has 0 spiro atoms. The number of nitrogens with zero attached hydrogens (tertiary/aromatic N) is 2. The van der Waals surface area contributed by atoms with Gasteiger partial charge in [0.2, 0.25) is 5.88 Å². The number of aliphatic imine (C=N–C) groups is 1. The maximum atomic E-state index is 12.7.